The number of hydrogen-bond donors (Lipinski definition) is 1. The van der Waals surface area contributed by atoms with E-state index in [4.69, 9.17) is 0 Å². The summed E-state index contributed by atoms with van der Waals surface area (Å²) in [7, 11) is 0. The number of nitrogens with zero attached hydrogens (tertiary/aromatic N) is 2. The topological polar surface area (TPSA) is 85.0 Å². The Morgan fingerprint density at radius 3 is 2.41 bits per heavy atom. The molecule has 0 unspecified atom stereocenters. The molecule has 0 aliphatic carbocycles. The fourth-order valence-electron chi connectivity index (χ4n) is 1.99. The number of nitro benzene ring substituents is 1. The van der Waals surface area contributed by atoms with Gasteiger partial charge in [-0.1, -0.05) is 12.1 Å². The zero-order valence-electron chi connectivity index (χ0n) is 13.8. The van der Waals surface area contributed by atoms with Crippen molar-refractivity contribution in [2.45, 2.75) is 18.5 Å². The maximum atomic E-state index is 13.5. The van der Waals surface area contributed by atoms with Crippen molar-refractivity contribution in [1.29, 1.82) is 0 Å². The third-order valence-corrected chi connectivity index (χ3v) is 3.93. The maximum absolute atomic E-state index is 13.5. The summed E-state index contributed by atoms with van der Waals surface area (Å²) >= 11 is 2.89. The summed E-state index contributed by atoms with van der Waals surface area (Å²) in [5.74, 6) is -1.35. The average Bonchev–Trinajstić information content (AvgIpc) is 2.62. The van der Waals surface area contributed by atoms with Gasteiger partial charge in [0.05, 0.1) is 9.40 Å². The first-order chi connectivity index (χ1) is 13.3. The van der Waals surface area contributed by atoms with Crippen LogP contribution < -0.4 is 4.74 Å². The van der Waals surface area contributed by atoms with E-state index in [9.17, 15) is 41.6 Å². The minimum Gasteiger partial charge on any atom is -0.506 e. The van der Waals surface area contributed by atoms with Crippen molar-refractivity contribution in [3.8, 4) is 11.5 Å². The van der Waals surface area contributed by atoms with Crippen LogP contribution in [0.4, 0.5) is 37.7 Å². The van der Waals surface area contributed by atoms with Crippen LogP contribution in [0.25, 0.3) is 0 Å². The lowest BCUT2D eigenvalue weighted by Crippen LogP contribution is -2.45. The summed E-state index contributed by atoms with van der Waals surface area (Å²) in [5, 5.41) is 20.8. The predicted molar refractivity (Wildman–Crippen MR) is 92.7 cm³/mol. The molecule has 0 fully saturated rings. The molecule has 13 heteroatoms. The van der Waals surface area contributed by atoms with Crippen LogP contribution in [0, 0.1) is 10.1 Å². The third kappa shape index (κ3) is 5.37. The van der Waals surface area contributed by atoms with E-state index < -0.39 is 46.3 Å². The molecule has 0 saturated heterocycles. The Morgan fingerprint density at radius 1 is 1.21 bits per heavy atom. The van der Waals surface area contributed by atoms with Crippen LogP contribution >= 0.6 is 15.9 Å². The molecule has 1 N–H and O–H groups in total. The Morgan fingerprint density at radius 2 is 1.83 bits per heavy atom. The fraction of sp³-hybridized carbons (Fsp3) is 0.188. The van der Waals surface area contributed by atoms with Crippen LogP contribution in [-0.4, -0.2) is 34.7 Å². The highest BCUT2D eigenvalue weighted by Crippen LogP contribution is 2.39. The van der Waals surface area contributed by atoms with Crippen molar-refractivity contribution in [2.75, 3.05) is 0 Å². The second kappa shape index (κ2) is 8.27. The van der Waals surface area contributed by atoms with E-state index >= 15 is 0 Å². The highest BCUT2D eigenvalue weighted by atomic mass is 79.9. The van der Waals surface area contributed by atoms with Crippen LogP contribution in [-0.2, 0) is 0 Å². The van der Waals surface area contributed by atoms with E-state index in [0.29, 0.717) is 0 Å². The monoisotopic (exact) mass is 486 g/mol. The number of aromatic hydroxyl groups is 1. The lowest BCUT2D eigenvalue weighted by molar-refractivity contribution is -0.385. The molecule has 0 radical (unpaired) electrons. The number of alkyl halides is 6. The first-order valence-corrected chi connectivity index (χ1v) is 8.20. The zero-order valence-corrected chi connectivity index (χ0v) is 15.4. The molecule has 1 atom stereocenters. The molecular weight excluding hydrogens is 478 g/mol. The van der Waals surface area contributed by atoms with Gasteiger partial charge >= 0.3 is 12.3 Å². The molecule has 156 valence electrons. The van der Waals surface area contributed by atoms with E-state index in [-0.39, 0.29) is 10.0 Å². The minimum atomic E-state index is -5.86. The number of non-ortho nitro benzene ring substituents is 1. The van der Waals surface area contributed by atoms with Gasteiger partial charge in [0, 0.05) is 23.9 Å². The molecule has 2 rings (SSSR count). The quantitative estimate of drug-likeness (QED) is 0.246. The Balaban J connectivity index is 2.39. The van der Waals surface area contributed by atoms with Gasteiger partial charge in [-0.2, -0.15) is 22.0 Å². The van der Waals surface area contributed by atoms with Crippen molar-refractivity contribution >= 4 is 33.5 Å². The number of para-hydroxylation sites is 2. The molecule has 29 heavy (non-hydrogen) atoms. The SMILES string of the molecule is O=[N+]([O-])c1cc(Br)c(O)c(C=Nc2ccccc2OC(F)(F)[C@H](F)C(F)(F)F)c1. The molecule has 2 aromatic carbocycles. The summed E-state index contributed by atoms with van der Waals surface area (Å²) in [6.45, 7) is 0. The highest BCUT2D eigenvalue weighted by Gasteiger charge is 2.59. The standard InChI is InChI=1S/C16H9BrF6N2O4/c17-10-6-9(25(27)28)5-8(13(10)26)7-24-11-3-1-2-4-12(11)29-16(22,23)14(18)15(19,20)21/h1-7,14,26H/t14-/m1/s1. The molecule has 0 amide bonds. The summed E-state index contributed by atoms with van der Waals surface area (Å²) < 4.78 is 80.6. The summed E-state index contributed by atoms with van der Waals surface area (Å²) in [6.07, 6.45) is -14.8. The average molecular weight is 487 g/mol. The molecule has 0 bridgehead atoms. The molecule has 0 aliphatic heterocycles. The van der Waals surface area contributed by atoms with E-state index in [2.05, 4.69) is 25.7 Å². The number of hydrogen-bond acceptors (Lipinski definition) is 5. The number of nitro groups is 1. The zero-order chi connectivity index (χ0) is 22.0. The van der Waals surface area contributed by atoms with Gasteiger partial charge in [-0.15, -0.1) is 0 Å². The molecule has 0 spiro atoms. The Hall–Kier alpha value is -2.83. The number of benzene rings is 2. The Kier molecular flexibility index (Phi) is 6.40. The van der Waals surface area contributed by atoms with E-state index in [1.54, 1.807) is 0 Å². The molecule has 2 aromatic rings. The van der Waals surface area contributed by atoms with Crippen molar-refractivity contribution in [2.24, 2.45) is 4.99 Å². The van der Waals surface area contributed by atoms with Gasteiger partial charge in [0.25, 0.3) is 11.9 Å². The van der Waals surface area contributed by atoms with E-state index in [0.717, 1.165) is 36.5 Å². The van der Waals surface area contributed by atoms with Gasteiger partial charge in [0.15, 0.2) is 5.75 Å². The van der Waals surface area contributed by atoms with Gasteiger partial charge in [-0.05, 0) is 28.1 Å². The van der Waals surface area contributed by atoms with Crippen LogP contribution in [0.1, 0.15) is 5.56 Å². The first-order valence-electron chi connectivity index (χ1n) is 7.40. The van der Waals surface area contributed by atoms with Crippen LogP contribution in [0.3, 0.4) is 0 Å². The van der Waals surface area contributed by atoms with E-state index in [1.807, 2.05) is 0 Å². The molecule has 0 heterocycles. The molecule has 0 aromatic heterocycles. The van der Waals surface area contributed by atoms with E-state index in [1.165, 1.54) is 6.07 Å². The number of phenols is 1. The number of aliphatic imine (C=N–C) groups is 1. The van der Waals surface area contributed by atoms with Gasteiger partial charge in [-0.25, -0.2) is 4.39 Å². The smallest absolute Gasteiger partial charge is 0.439 e. The second-order valence-electron chi connectivity index (χ2n) is 5.42. The minimum absolute atomic E-state index is 0.0605. The van der Waals surface area contributed by atoms with Gasteiger partial charge < -0.3 is 9.84 Å². The molecule has 0 aliphatic rings. The van der Waals surface area contributed by atoms with Crippen molar-refractivity contribution < 1.29 is 41.1 Å². The van der Waals surface area contributed by atoms with Gasteiger partial charge in [0.1, 0.15) is 11.4 Å². The lowest BCUT2D eigenvalue weighted by atomic mass is 10.2. The van der Waals surface area contributed by atoms with Crippen molar-refractivity contribution in [3.63, 3.8) is 0 Å². The Bertz CT molecular complexity index is 951. The number of halogens is 7. The lowest BCUT2D eigenvalue weighted by Gasteiger charge is -2.23. The molecule has 0 saturated carbocycles. The van der Waals surface area contributed by atoms with Gasteiger partial charge in [-0.3, -0.25) is 15.1 Å². The van der Waals surface area contributed by atoms with Crippen LogP contribution in [0.5, 0.6) is 11.5 Å². The summed E-state index contributed by atoms with van der Waals surface area (Å²) in [5.41, 5.74) is -1.08. The number of phenolic OH excluding ortho intramolecular Hbond substituents is 1. The largest absolute Gasteiger partial charge is 0.506 e. The summed E-state index contributed by atoms with van der Waals surface area (Å²) in [6, 6.07) is 6.22. The molecular formula is C16H9BrF6N2O4. The van der Waals surface area contributed by atoms with Gasteiger partial charge in [0.2, 0.25) is 0 Å². The fourth-order valence-corrected chi connectivity index (χ4v) is 2.45. The highest BCUT2D eigenvalue weighted by molar-refractivity contribution is 9.10. The first kappa shape index (κ1) is 22.5. The molecule has 6 nitrogen and oxygen atoms in total. The predicted octanol–water partition coefficient (Wildman–Crippen LogP) is 5.69. The second-order valence-corrected chi connectivity index (χ2v) is 6.27. The Labute approximate surface area is 166 Å². The third-order valence-electron chi connectivity index (χ3n) is 3.32. The number of rotatable bonds is 6. The maximum Gasteiger partial charge on any atom is 0.439 e. The van der Waals surface area contributed by atoms with Crippen molar-refractivity contribution in [3.05, 3.63) is 56.5 Å². The van der Waals surface area contributed by atoms with Crippen LogP contribution in [0.2, 0.25) is 0 Å². The number of ether oxygens (including phenoxy) is 1. The van der Waals surface area contributed by atoms with Crippen LogP contribution in [0.15, 0.2) is 45.9 Å². The normalized spacial score (nSPS) is 13.5. The van der Waals surface area contributed by atoms with Crippen molar-refractivity contribution in [1.82, 2.24) is 0 Å². The summed E-state index contributed by atoms with van der Waals surface area (Å²) in [4.78, 5) is 13.8.